The van der Waals surface area contributed by atoms with E-state index in [4.69, 9.17) is 5.73 Å². The number of hydrogen-bond acceptors (Lipinski definition) is 2. The second-order valence-electron chi connectivity index (χ2n) is 4.85. The van der Waals surface area contributed by atoms with Crippen LogP contribution in [0.4, 0.5) is 0 Å². The molecule has 0 aliphatic heterocycles. The summed E-state index contributed by atoms with van der Waals surface area (Å²) in [5.41, 5.74) is 8.29. The Balaban J connectivity index is 2.88. The molecule has 0 heterocycles. The molecule has 94 valence electrons. The van der Waals surface area contributed by atoms with Crippen molar-refractivity contribution in [3.05, 3.63) is 35.4 Å². The molecule has 1 rings (SSSR count). The van der Waals surface area contributed by atoms with Crippen LogP contribution in [0.25, 0.3) is 0 Å². The molecular weight excluding hydrogens is 210 g/mol. The van der Waals surface area contributed by atoms with Gasteiger partial charge in [-0.2, -0.15) is 0 Å². The Morgan fingerprint density at radius 3 is 2.47 bits per heavy atom. The molecule has 2 nitrogen and oxygen atoms in total. The van der Waals surface area contributed by atoms with E-state index in [9.17, 15) is 4.79 Å². The Bertz CT molecular complexity index is 371. The lowest BCUT2D eigenvalue weighted by Gasteiger charge is -2.16. The summed E-state index contributed by atoms with van der Waals surface area (Å²) < 4.78 is 0. The van der Waals surface area contributed by atoms with Gasteiger partial charge in [0.2, 0.25) is 0 Å². The van der Waals surface area contributed by atoms with Crippen LogP contribution in [0.15, 0.2) is 24.3 Å². The van der Waals surface area contributed by atoms with Gasteiger partial charge in [0.05, 0.1) is 0 Å². The van der Waals surface area contributed by atoms with E-state index in [1.807, 2.05) is 6.92 Å². The van der Waals surface area contributed by atoms with Crippen LogP contribution in [0, 0.1) is 0 Å². The summed E-state index contributed by atoms with van der Waals surface area (Å²) >= 11 is 0. The molecule has 0 bridgehead atoms. The molecule has 0 saturated carbocycles. The van der Waals surface area contributed by atoms with Gasteiger partial charge >= 0.3 is 0 Å². The number of nitrogens with two attached hydrogens (primary N) is 1. The topological polar surface area (TPSA) is 43.1 Å². The molecule has 2 heteroatoms. The van der Waals surface area contributed by atoms with Crippen molar-refractivity contribution in [3.63, 3.8) is 0 Å². The van der Waals surface area contributed by atoms with Crippen LogP contribution in [0.1, 0.15) is 56.6 Å². The summed E-state index contributed by atoms with van der Waals surface area (Å²) in [6, 6.07) is 8.45. The van der Waals surface area contributed by atoms with Gasteiger partial charge in [0.15, 0.2) is 0 Å². The van der Waals surface area contributed by atoms with E-state index in [1.54, 1.807) is 0 Å². The zero-order chi connectivity index (χ0) is 12.8. The van der Waals surface area contributed by atoms with E-state index >= 15 is 0 Å². The fraction of sp³-hybridized carbons (Fsp3) is 0.533. The molecule has 2 N–H and O–H groups in total. The van der Waals surface area contributed by atoms with E-state index < -0.39 is 0 Å². The summed E-state index contributed by atoms with van der Waals surface area (Å²) in [6.07, 6.45) is 1.16. The Morgan fingerprint density at radius 2 is 1.94 bits per heavy atom. The fourth-order valence-corrected chi connectivity index (χ4v) is 1.93. The molecule has 0 aromatic heterocycles. The minimum atomic E-state index is 0.168. The first kappa shape index (κ1) is 13.9. The SMILES string of the molecule is CCC(=O)C[C@H](CN)c1cccc(C(C)C)c1. The lowest BCUT2D eigenvalue weighted by molar-refractivity contribution is -0.119. The second kappa shape index (κ2) is 6.55. The molecule has 0 fully saturated rings. The third kappa shape index (κ3) is 3.97. The monoisotopic (exact) mass is 233 g/mol. The van der Waals surface area contributed by atoms with E-state index in [1.165, 1.54) is 11.1 Å². The molecule has 1 aromatic carbocycles. The lowest BCUT2D eigenvalue weighted by atomic mass is 9.90. The van der Waals surface area contributed by atoms with Crippen molar-refractivity contribution >= 4 is 5.78 Å². The Labute approximate surface area is 104 Å². The van der Waals surface area contributed by atoms with Gasteiger partial charge in [-0.15, -0.1) is 0 Å². The van der Waals surface area contributed by atoms with Gasteiger partial charge in [-0.25, -0.2) is 0 Å². The quantitative estimate of drug-likeness (QED) is 0.819. The second-order valence-corrected chi connectivity index (χ2v) is 4.85. The third-order valence-electron chi connectivity index (χ3n) is 3.20. The van der Waals surface area contributed by atoms with Gasteiger partial charge in [-0.3, -0.25) is 4.79 Å². The maximum absolute atomic E-state index is 11.5. The van der Waals surface area contributed by atoms with E-state index in [0.29, 0.717) is 25.3 Å². The van der Waals surface area contributed by atoms with Crippen molar-refractivity contribution in [1.82, 2.24) is 0 Å². The predicted octanol–water partition coefficient (Wildman–Crippen LogP) is 3.22. The Morgan fingerprint density at radius 1 is 1.29 bits per heavy atom. The molecular formula is C15H23NO. The van der Waals surface area contributed by atoms with Gasteiger partial charge in [-0.05, 0) is 23.6 Å². The number of carbonyl (C=O) groups is 1. The van der Waals surface area contributed by atoms with Gasteiger partial charge in [0, 0.05) is 18.8 Å². The zero-order valence-electron chi connectivity index (χ0n) is 11.1. The van der Waals surface area contributed by atoms with E-state index in [2.05, 4.69) is 38.1 Å². The first-order valence-corrected chi connectivity index (χ1v) is 6.40. The number of hydrogen-bond donors (Lipinski definition) is 1. The Kier molecular flexibility index (Phi) is 5.36. The molecule has 0 unspecified atom stereocenters. The van der Waals surface area contributed by atoms with Crippen LogP contribution in [0.5, 0.6) is 0 Å². The van der Waals surface area contributed by atoms with Crippen LogP contribution < -0.4 is 5.73 Å². The van der Waals surface area contributed by atoms with Crippen molar-refractivity contribution in [1.29, 1.82) is 0 Å². The molecule has 0 radical (unpaired) electrons. The smallest absolute Gasteiger partial charge is 0.133 e. The number of carbonyl (C=O) groups excluding carboxylic acids is 1. The minimum Gasteiger partial charge on any atom is -0.330 e. The van der Waals surface area contributed by atoms with Gasteiger partial charge in [-0.1, -0.05) is 45.0 Å². The maximum Gasteiger partial charge on any atom is 0.133 e. The van der Waals surface area contributed by atoms with Gasteiger partial charge < -0.3 is 5.73 Å². The average Bonchev–Trinajstić information content (AvgIpc) is 2.35. The molecule has 0 aliphatic rings. The number of ketones is 1. The number of Topliss-reactive ketones (excluding diaryl/α,β-unsaturated/α-hetero) is 1. The molecule has 0 spiro atoms. The number of rotatable bonds is 6. The molecule has 1 atom stereocenters. The first-order chi connectivity index (χ1) is 8.08. The average molecular weight is 233 g/mol. The number of benzene rings is 1. The van der Waals surface area contributed by atoms with Crippen LogP contribution in [0.3, 0.4) is 0 Å². The molecule has 17 heavy (non-hydrogen) atoms. The molecule has 1 aromatic rings. The highest BCUT2D eigenvalue weighted by atomic mass is 16.1. The normalized spacial score (nSPS) is 12.8. The summed E-state index contributed by atoms with van der Waals surface area (Å²) in [7, 11) is 0. The predicted molar refractivity (Wildman–Crippen MR) is 72.2 cm³/mol. The van der Waals surface area contributed by atoms with Crippen molar-refractivity contribution in [2.75, 3.05) is 6.54 Å². The standard InChI is InChI=1S/C15H23NO/c1-4-15(17)9-14(10-16)13-7-5-6-12(8-13)11(2)3/h5-8,11,14H,4,9-10,16H2,1-3H3/t14-/m1/s1. The van der Waals surface area contributed by atoms with Gasteiger partial charge in [0.25, 0.3) is 0 Å². The summed E-state index contributed by atoms with van der Waals surface area (Å²) in [4.78, 5) is 11.5. The minimum absolute atomic E-state index is 0.168. The van der Waals surface area contributed by atoms with E-state index in [0.717, 1.165) is 0 Å². The van der Waals surface area contributed by atoms with Crippen molar-refractivity contribution in [2.45, 2.75) is 45.4 Å². The highest BCUT2D eigenvalue weighted by Gasteiger charge is 2.14. The summed E-state index contributed by atoms with van der Waals surface area (Å²) in [6.45, 7) is 6.79. The largest absolute Gasteiger partial charge is 0.330 e. The third-order valence-corrected chi connectivity index (χ3v) is 3.20. The maximum atomic E-state index is 11.5. The first-order valence-electron chi connectivity index (χ1n) is 6.40. The Hall–Kier alpha value is -1.15. The van der Waals surface area contributed by atoms with E-state index in [-0.39, 0.29) is 11.7 Å². The van der Waals surface area contributed by atoms with Crippen LogP contribution in [-0.4, -0.2) is 12.3 Å². The fourth-order valence-electron chi connectivity index (χ4n) is 1.93. The molecule has 0 amide bonds. The highest BCUT2D eigenvalue weighted by Crippen LogP contribution is 2.23. The lowest BCUT2D eigenvalue weighted by Crippen LogP contribution is -2.16. The van der Waals surface area contributed by atoms with Gasteiger partial charge in [0.1, 0.15) is 5.78 Å². The highest BCUT2D eigenvalue weighted by molar-refractivity contribution is 5.79. The van der Waals surface area contributed by atoms with Crippen molar-refractivity contribution < 1.29 is 4.79 Å². The van der Waals surface area contributed by atoms with Crippen LogP contribution in [0.2, 0.25) is 0 Å². The van der Waals surface area contributed by atoms with Crippen molar-refractivity contribution in [2.24, 2.45) is 5.73 Å². The van der Waals surface area contributed by atoms with Crippen molar-refractivity contribution in [3.8, 4) is 0 Å². The molecule has 0 aliphatic carbocycles. The summed E-state index contributed by atoms with van der Waals surface area (Å²) in [5, 5.41) is 0. The van der Waals surface area contributed by atoms with Crippen LogP contribution in [-0.2, 0) is 4.79 Å². The molecule has 0 saturated heterocycles. The summed E-state index contributed by atoms with van der Waals surface area (Å²) in [5.74, 6) is 0.965. The zero-order valence-corrected chi connectivity index (χ0v) is 11.1. The van der Waals surface area contributed by atoms with Crippen LogP contribution >= 0.6 is 0 Å².